The van der Waals surface area contributed by atoms with E-state index in [1.165, 1.54) is 5.01 Å². The molecule has 2 aromatic carbocycles. The molecule has 0 unspecified atom stereocenters. The zero-order valence-electron chi connectivity index (χ0n) is 18.9. The normalized spacial score (nSPS) is 20.0. The molecule has 1 aromatic heterocycles. The third-order valence-corrected chi connectivity index (χ3v) is 6.47. The lowest BCUT2D eigenvalue weighted by Gasteiger charge is -2.35. The number of hydrogen-bond acceptors (Lipinski definition) is 6. The number of methoxy groups -OCH3 is 1. The average Bonchev–Trinajstić information content (AvgIpc) is 3.54. The Kier molecular flexibility index (Phi) is 5.90. The maximum absolute atomic E-state index is 13.5. The van der Waals surface area contributed by atoms with Crippen molar-refractivity contribution in [3.05, 3.63) is 89.4 Å². The fourth-order valence-electron chi connectivity index (χ4n) is 4.67. The predicted octanol–water partition coefficient (Wildman–Crippen LogP) is 2.88. The van der Waals surface area contributed by atoms with Crippen LogP contribution in [0.15, 0.2) is 76.4 Å². The molecule has 2 atom stereocenters. The molecule has 8 nitrogen and oxygen atoms in total. The number of amides is 2. The maximum atomic E-state index is 13.5. The number of hydrogen-bond donors (Lipinski definition) is 1. The highest BCUT2D eigenvalue weighted by atomic mass is 16.5. The summed E-state index contributed by atoms with van der Waals surface area (Å²) in [4.78, 5) is 27.6. The van der Waals surface area contributed by atoms with Crippen molar-refractivity contribution in [3.63, 3.8) is 0 Å². The van der Waals surface area contributed by atoms with Crippen LogP contribution in [0.2, 0.25) is 0 Å². The number of nitrogens with two attached hydrogens (primary N) is 1. The lowest BCUT2D eigenvalue weighted by molar-refractivity contribution is -0.136. The van der Waals surface area contributed by atoms with Gasteiger partial charge >= 0.3 is 0 Å². The number of benzene rings is 2. The van der Waals surface area contributed by atoms with E-state index in [1.807, 2.05) is 59.5 Å². The predicted molar refractivity (Wildman–Crippen MR) is 126 cm³/mol. The summed E-state index contributed by atoms with van der Waals surface area (Å²) in [5.41, 5.74) is 9.59. The SMILES string of the molecule is COc1ccc(C2=NN(C(=O)CN3Cc4ccccc4C[C@H]3C(N)=O)[C@@H](c3ccco3)C2)cc1. The summed E-state index contributed by atoms with van der Waals surface area (Å²) in [5, 5.41) is 6.17. The molecular weight excluding hydrogens is 432 g/mol. The van der Waals surface area contributed by atoms with E-state index in [-0.39, 0.29) is 18.5 Å². The van der Waals surface area contributed by atoms with Crippen LogP contribution in [-0.2, 0) is 22.6 Å². The zero-order chi connectivity index (χ0) is 23.7. The van der Waals surface area contributed by atoms with Crippen LogP contribution in [0.4, 0.5) is 0 Å². The Morgan fingerprint density at radius 1 is 1.06 bits per heavy atom. The molecule has 3 aromatic rings. The van der Waals surface area contributed by atoms with Gasteiger partial charge in [0.2, 0.25) is 5.91 Å². The van der Waals surface area contributed by atoms with Gasteiger partial charge in [-0.3, -0.25) is 14.5 Å². The van der Waals surface area contributed by atoms with Crippen LogP contribution in [0.3, 0.4) is 0 Å². The third-order valence-electron chi connectivity index (χ3n) is 6.47. The van der Waals surface area contributed by atoms with Crippen molar-refractivity contribution in [1.29, 1.82) is 0 Å². The smallest absolute Gasteiger partial charge is 0.257 e. The molecule has 0 radical (unpaired) electrons. The fraction of sp³-hybridized carbons (Fsp3) is 0.269. The van der Waals surface area contributed by atoms with E-state index in [1.54, 1.807) is 19.4 Å². The number of nitrogens with zero attached hydrogens (tertiary/aromatic N) is 3. The molecule has 34 heavy (non-hydrogen) atoms. The van der Waals surface area contributed by atoms with E-state index in [0.717, 1.165) is 28.2 Å². The molecule has 0 bridgehead atoms. The van der Waals surface area contributed by atoms with Crippen molar-refractivity contribution in [2.45, 2.75) is 31.5 Å². The van der Waals surface area contributed by atoms with Crippen molar-refractivity contribution in [2.24, 2.45) is 10.8 Å². The monoisotopic (exact) mass is 458 g/mol. The number of ether oxygens (including phenoxy) is 1. The molecule has 5 rings (SSSR count). The summed E-state index contributed by atoms with van der Waals surface area (Å²) >= 11 is 0. The molecule has 2 N–H and O–H groups in total. The van der Waals surface area contributed by atoms with Crippen LogP contribution >= 0.6 is 0 Å². The average molecular weight is 459 g/mol. The molecule has 0 saturated carbocycles. The second kappa shape index (κ2) is 9.15. The molecular formula is C26H26N4O4. The van der Waals surface area contributed by atoms with E-state index in [2.05, 4.69) is 5.10 Å². The van der Waals surface area contributed by atoms with E-state index in [9.17, 15) is 9.59 Å². The second-order valence-electron chi connectivity index (χ2n) is 8.54. The van der Waals surface area contributed by atoms with Gasteiger partial charge in [-0.05, 0) is 59.5 Å². The highest BCUT2D eigenvalue weighted by molar-refractivity contribution is 6.03. The number of primary amides is 1. The summed E-state index contributed by atoms with van der Waals surface area (Å²) in [6, 6.07) is 18.3. The van der Waals surface area contributed by atoms with Gasteiger partial charge < -0.3 is 14.9 Å². The quantitative estimate of drug-likeness (QED) is 0.612. The molecule has 0 aliphatic carbocycles. The number of furan rings is 1. The third kappa shape index (κ3) is 4.20. The Balaban J connectivity index is 1.41. The summed E-state index contributed by atoms with van der Waals surface area (Å²) < 4.78 is 10.9. The Labute approximate surface area is 197 Å². The first-order chi connectivity index (χ1) is 16.5. The molecule has 8 heteroatoms. The van der Waals surface area contributed by atoms with Crippen molar-refractivity contribution in [3.8, 4) is 5.75 Å². The van der Waals surface area contributed by atoms with Crippen LogP contribution in [0.1, 0.15) is 34.9 Å². The Hall–Kier alpha value is -3.91. The topological polar surface area (TPSA) is 101 Å². The van der Waals surface area contributed by atoms with Crippen LogP contribution in [-0.4, -0.2) is 47.1 Å². The minimum atomic E-state index is -0.548. The van der Waals surface area contributed by atoms with Gasteiger partial charge in [0.25, 0.3) is 5.91 Å². The molecule has 2 amide bonds. The molecule has 3 heterocycles. The van der Waals surface area contributed by atoms with E-state index in [4.69, 9.17) is 14.9 Å². The van der Waals surface area contributed by atoms with Crippen molar-refractivity contribution in [2.75, 3.05) is 13.7 Å². The highest BCUT2D eigenvalue weighted by Crippen LogP contribution is 2.34. The molecule has 0 spiro atoms. The van der Waals surface area contributed by atoms with Crippen LogP contribution in [0.25, 0.3) is 0 Å². The van der Waals surface area contributed by atoms with Crippen molar-refractivity contribution in [1.82, 2.24) is 9.91 Å². The number of carbonyl (C=O) groups is 2. The van der Waals surface area contributed by atoms with Crippen LogP contribution < -0.4 is 10.5 Å². The molecule has 0 fully saturated rings. The van der Waals surface area contributed by atoms with Crippen molar-refractivity contribution < 1.29 is 18.7 Å². The van der Waals surface area contributed by atoms with Gasteiger partial charge in [-0.2, -0.15) is 5.10 Å². The number of carbonyl (C=O) groups excluding carboxylic acids is 2. The Morgan fingerprint density at radius 3 is 2.50 bits per heavy atom. The van der Waals surface area contributed by atoms with E-state index < -0.39 is 11.9 Å². The minimum Gasteiger partial charge on any atom is -0.497 e. The molecule has 2 aliphatic heterocycles. The number of hydrazone groups is 1. The largest absolute Gasteiger partial charge is 0.497 e. The fourth-order valence-corrected chi connectivity index (χ4v) is 4.67. The van der Waals surface area contributed by atoms with Gasteiger partial charge in [0.1, 0.15) is 17.6 Å². The lowest BCUT2D eigenvalue weighted by atomic mass is 9.93. The Morgan fingerprint density at radius 2 is 1.82 bits per heavy atom. The summed E-state index contributed by atoms with van der Waals surface area (Å²) in [7, 11) is 1.62. The van der Waals surface area contributed by atoms with E-state index >= 15 is 0 Å². The highest BCUT2D eigenvalue weighted by Gasteiger charge is 2.38. The summed E-state index contributed by atoms with van der Waals surface area (Å²) in [6.07, 6.45) is 2.60. The molecule has 0 saturated heterocycles. The number of rotatable bonds is 6. The van der Waals surface area contributed by atoms with Gasteiger partial charge in [0.15, 0.2) is 0 Å². The standard InChI is InChI=1S/C26H26N4O4/c1-33-20-10-8-17(9-11-20)21-14-22(24-7-4-12-34-24)30(28-21)25(31)16-29-15-19-6-3-2-5-18(19)13-23(29)26(27)32/h2-12,22-23H,13-16H2,1H3,(H2,27,32)/t22-,23+/m1/s1. The van der Waals surface area contributed by atoms with Crippen molar-refractivity contribution >= 4 is 17.5 Å². The van der Waals surface area contributed by atoms with Gasteiger partial charge in [-0.15, -0.1) is 0 Å². The minimum absolute atomic E-state index is 0.0263. The number of fused-ring (bicyclic) bond motifs is 1. The van der Waals surface area contributed by atoms with Crippen LogP contribution in [0, 0.1) is 0 Å². The van der Waals surface area contributed by atoms with Gasteiger partial charge in [0, 0.05) is 13.0 Å². The summed E-state index contributed by atoms with van der Waals surface area (Å²) in [6.45, 7) is 0.502. The maximum Gasteiger partial charge on any atom is 0.257 e. The molecule has 174 valence electrons. The zero-order valence-corrected chi connectivity index (χ0v) is 18.9. The Bertz CT molecular complexity index is 1220. The van der Waals surface area contributed by atoms with Crippen LogP contribution in [0.5, 0.6) is 5.75 Å². The second-order valence-corrected chi connectivity index (χ2v) is 8.54. The van der Waals surface area contributed by atoms with E-state index in [0.29, 0.717) is 25.1 Å². The first kappa shape index (κ1) is 21.9. The van der Waals surface area contributed by atoms with Gasteiger partial charge in [-0.25, -0.2) is 5.01 Å². The first-order valence-corrected chi connectivity index (χ1v) is 11.2. The molecule has 2 aliphatic rings. The first-order valence-electron chi connectivity index (χ1n) is 11.2. The van der Waals surface area contributed by atoms with Gasteiger partial charge in [-0.1, -0.05) is 24.3 Å². The lowest BCUT2D eigenvalue weighted by Crippen LogP contribution is -2.51. The van der Waals surface area contributed by atoms with Gasteiger partial charge in [0.05, 0.1) is 31.7 Å². The summed E-state index contributed by atoms with van der Waals surface area (Å²) in [5.74, 6) is 0.765.